The molecular formula is C9H18O. The molecule has 0 rings (SSSR count). The summed E-state index contributed by atoms with van der Waals surface area (Å²) in [6.07, 6.45) is 1.24. The van der Waals surface area contributed by atoms with Crippen molar-refractivity contribution >= 4 is 0 Å². The van der Waals surface area contributed by atoms with Crippen molar-refractivity contribution in [3.8, 4) is 0 Å². The van der Waals surface area contributed by atoms with Gasteiger partial charge in [0.05, 0.1) is 11.9 Å². The maximum atomic E-state index is 5.37. The molecule has 0 aromatic carbocycles. The van der Waals surface area contributed by atoms with Gasteiger partial charge in [0.1, 0.15) is 0 Å². The molecule has 0 aromatic rings. The van der Waals surface area contributed by atoms with E-state index in [-0.39, 0.29) is 6.10 Å². The van der Waals surface area contributed by atoms with Crippen molar-refractivity contribution in [2.75, 3.05) is 0 Å². The third-order valence-electron chi connectivity index (χ3n) is 1.04. The number of ether oxygens (including phenoxy) is 1. The van der Waals surface area contributed by atoms with Gasteiger partial charge in [-0.2, -0.15) is 0 Å². The normalized spacial score (nSPS) is 10.6. The van der Waals surface area contributed by atoms with Crippen LogP contribution in [0.5, 0.6) is 0 Å². The van der Waals surface area contributed by atoms with Crippen LogP contribution in [0.4, 0.5) is 0 Å². The predicted octanol–water partition coefficient (Wildman–Crippen LogP) is 2.97. The molecule has 0 fully saturated rings. The monoisotopic (exact) mass is 142 g/mol. The molecule has 0 saturated carbocycles. The Morgan fingerprint density at radius 2 is 1.80 bits per heavy atom. The average molecular weight is 142 g/mol. The van der Waals surface area contributed by atoms with Crippen LogP contribution in [-0.2, 0) is 4.74 Å². The van der Waals surface area contributed by atoms with Crippen molar-refractivity contribution in [2.24, 2.45) is 5.92 Å². The number of hydrogen-bond donors (Lipinski definition) is 0. The molecule has 0 aliphatic heterocycles. The van der Waals surface area contributed by atoms with Gasteiger partial charge in [0.15, 0.2) is 0 Å². The fourth-order valence-electron chi connectivity index (χ4n) is 0.837. The molecule has 0 amide bonds. The van der Waals surface area contributed by atoms with E-state index in [1.54, 1.807) is 0 Å². The maximum Gasteiger partial charge on any atom is 0.0926 e. The quantitative estimate of drug-likeness (QED) is 0.548. The Labute approximate surface area is 64.1 Å². The molecule has 0 unspecified atom stereocenters. The van der Waals surface area contributed by atoms with E-state index in [0.29, 0.717) is 5.92 Å². The second-order valence-corrected chi connectivity index (χ2v) is 3.30. The molecule has 1 heteroatoms. The first kappa shape index (κ1) is 9.54. The Morgan fingerprint density at radius 1 is 1.30 bits per heavy atom. The third kappa shape index (κ3) is 5.67. The van der Waals surface area contributed by atoms with Gasteiger partial charge in [-0.3, -0.25) is 0 Å². The predicted molar refractivity (Wildman–Crippen MR) is 44.8 cm³/mol. The summed E-state index contributed by atoms with van der Waals surface area (Å²) in [6.45, 7) is 12.2. The number of hydrogen-bond acceptors (Lipinski definition) is 1. The van der Waals surface area contributed by atoms with Crippen LogP contribution in [-0.4, -0.2) is 6.10 Å². The topological polar surface area (TPSA) is 9.23 Å². The molecule has 0 aliphatic rings. The van der Waals surface area contributed by atoms with E-state index < -0.39 is 0 Å². The molecule has 10 heavy (non-hydrogen) atoms. The summed E-state index contributed by atoms with van der Waals surface area (Å²) in [5.74, 6) is 1.55. The molecule has 0 heterocycles. The van der Waals surface area contributed by atoms with E-state index in [0.717, 1.165) is 12.2 Å². The molecule has 0 spiro atoms. The summed E-state index contributed by atoms with van der Waals surface area (Å²) in [4.78, 5) is 0. The minimum atomic E-state index is 0.270. The van der Waals surface area contributed by atoms with Crippen LogP contribution < -0.4 is 0 Å². The Hall–Kier alpha value is -0.460. The lowest BCUT2D eigenvalue weighted by Gasteiger charge is -2.13. The molecule has 0 atom stereocenters. The molecule has 60 valence electrons. The molecule has 0 aromatic heterocycles. The highest BCUT2D eigenvalue weighted by Crippen LogP contribution is 2.11. The van der Waals surface area contributed by atoms with Crippen LogP contribution in [0.15, 0.2) is 12.3 Å². The largest absolute Gasteiger partial charge is 0.496 e. The third-order valence-corrected chi connectivity index (χ3v) is 1.04. The van der Waals surface area contributed by atoms with Gasteiger partial charge >= 0.3 is 0 Å². The maximum absolute atomic E-state index is 5.37. The summed E-state index contributed by atoms with van der Waals surface area (Å²) in [5, 5.41) is 0. The van der Waals surface area contributed by atoms with Crippen LogP contribution in [0.2, 0.25) is 0 Å². The molecule has 0 aliphatic carbocycles. The molecule has 0 saturated heterocycles. The van der Waals surface area contributed by atoms with E-state index in [9.17, 15) is 0 Å². The highest BCUT2D eigenvalue weighted by Gasteiger charge is 2.00. The first-order chi connectivity index (χ1) is 4.52. The van der Waals surface area contributed by atoms with Crippen LogP contribution in [0.25, 0.3) is 0 Å². The van der Waals surface area contributed by atoms with Gasteiger partial charge in [-0.05, 0) is 19.8 Å². The summed E-state index contributed by atoms with van der Waals surface area (Å²) in [5.41, 5.74) is 0. The van der Waals surface area contributed by atoms with Crippen molar-refractivity contribution in [1.29, 1.82) is 0 Å². The summed E-state index contributed by atoms with van der Waals surface area (Å²) in [7, 11) is 0. The Kier molecular flexibility index (Phi) is 4.17. The van der Waals surface area contributed by atoms with E-state index >= 15 is 0 Å². The van der Waals surface area contributed by atoms with Crippen molar-refractivity contribution in [3.05, 3.63) is 12.3 Å². The lowest BCUT2D eigenvalue weighted by molar-refractivity contribution is 0.136. The van der Waals surface area contributed by atoms with Gasteiger partial charge in [-0.25, -0.2) is 0 Å². The van der Waals surface area contributed by atoms with Crippen LogP contribution in [0.1, 0.15) is 34.1 Å². The van der Waals surface area contributed by atoms with Crippen LogP contribution in [0.3, 0.4) is 0 Å². The number of rotatable bonds is 4. The van der Waals surface area contributed by atoms with E-state index in [4.69, 9.17) is 4.74 Å². The SMILES string of the molecule is C=C(CC(C)C)OC(C)C. The molecule has 0 bridgehead atoms. The van der Waals surface area contributed by atoms with Crippen molar-refractivity contribution in [3.63, 3.8) is 0 Å². The zero-order valence-corrected chi connectivity index (χ0v) is 7.48. The molecule has 0 radical (unpaired) electrons. The zero-order valence-electron chi connectivity index (χ0n) is 7.48. The summed E-state index contributed by atoms with van der Waals surface area (Å²) >= 11 is 0. The van der Waals surface area contributed by atoms with Crippen molar-refractivity contribution in [2.45, 2.75) is 40.2 Å². The van der Waals surface area contributed by atoms with Gasteiger partial charge in [-0.1, -0.05) is 20.4 Å². The van der Waals surface area contributed by atoms with Gasteiger partial charge in [0.25, 0.3) is 0 Å². The lowest BCUT2D eigenvalue weighted by atomic mass is 10.1. The van der Waals surface area contributed by atoms with Gasteiger partial charge in [-0.15, -0.1) is 0 Å². The highest BCUT2D eigenvalue weighted by atomic mass is 16.5. The zero-order chi connectivity index (χ0) is 8.15. The Bertz CT molecular complexity index is 91.3. The summed E-state index contributed by atoms with van der Waals surface area (Å²) < 4.78 is 5.37. The first-order valence-electron chi connectivity index (χ1n) is 3.86. The van der Waals surface area contributed by atoms with Gasteiger partial charge in [0.2, 0.25) is 0 Å². The number of allylic oxidation sites excluding steroid dienone is 1. The Balaban J connectivity index is 3.44. The minimum absolute atomic E-state index is 0.270. The van der Waals surface area contributed by atoms with E-state index in [1.165, 1.54) is 0 Å². The second-order valence-electron chi connectivity index (χ2n) is 3.30. The molecule has 1 nitrogen and oxygen atoms in total. The van der Waals surface area contributed by atoms with Crippen molar-refractivity contribution in [1.82, 2.24) is 0 Å². The highest BCUT2D eigenvalue weighted by molar-refractivity contribution is 4.83. The van der Waals surface area contributed by atoms with Gasteiger partial charge < -0.3 is 4.74 Å². The van der Waals surface area contributed by atoms with Gasteiger partial charge in [0, 0.05) is 6.42 Å². The Morgan fingerprint density at radius 3 is 2.10 bits per heavy atom. The first-order valence-corrected chi connectivity index (χ1v) is 3.86. The van der Waals surface area contributed by atoms with Crippen LogP contribution in [0, 0.1) is 5.92 Å². The van der Waals surface area contributed by atoms with Crippen LogP contribution >= 0.6 is 0 Å². The lowest BCUT2D eigenvalue weighted by Crippen LogP contribution is -2.03. The molecule has 0 N–H and O–H groups in total. The van der Waals surface area contributed by atoms with E-state index in [1.807, 2.05) is 13.8 Å². The van der Waals surface area contributed by atoms with E-state index in [2.05, 4.69) is 20.4 Å². The standard InChI is InChI=1S/C9H18O/c1-7(2)6-9(5)10-8(3)4/h7-8H,5-6H2,1-4H3. The average Bonchev–Trinajstić information content (AvgIpc) is 1.58. The minimum Gasteiger partial charge on any atom is -0.496 e. The second kappa shape index (κ2) is 4.37. The smallest absolute Gasteiger partial charge is 0.0926 e. The summed E-state index contributed by atoms with van der Waals surface area (Å²) in [6, 6.07) is 0. The molecular weight excluding hydrogens is 124 g/mol. The van der Waals surface area contributed by atoms with Crippen molar-refractivity contribution < 1.29 is 4.74 Å². The fraction of sp³-hybridized carbons (Fsp3) is 0.778. The fourth-order valence-corrected chi connectivity index (χ4v) is 0.837.